The highest BCUT2D eigenvalue weighted by atomic mass is 35.5. The molecule has 3 rings (SSSR count). The molecule has 1 unspecified atom stereocenters. The molecule has 0 aliphatic rings. The smallest absolute Gasteiger partial charge is 0.0565 e. The van der Waals surface area contributed by atoms with Gasteiger partial charge in [-0.25, -0.2) is 0 Å². The monoisotopic (exact) mass is 311 g/mol. The van der Waals surface area contributed by atoms with E-state index in [9.17, 15) is 0 Å². The molecule has 0 aliphatic heterocycles. The van der Waals surface area contributed by atoms with Gasteiger partial charge >= 0.3 is 0 Å². The van der Waals surface area contributed by atoms with Gasteiger partial charge in [0.15, 0.2) is 0 Å². The fourth-order valence-corrected chi connectivity index (χ4v) is 2.87. The summed E-state index contributed by atoms with van der Waals surface area (Å²) < 4.78 is 0. The van der Waals surface area contributed by atoms with Gasteiger partial charge < -0.3 is 5.32 Å². The Morgan fingerprint density at radius 2 is 1.91 bits per heavy atom. The van der Waals surface area contributed by atoms with Crippen molar-refractivity contribution in [1.29, 1.82) is 0 Å². The van der Waals surface area contributed by atoms with Crippen molar-refractivity contribution in [2.24, 2.45) is 0 Å². The molecule has 2 aromatic carbocycles. The molecule has 0 saturated carbocycles. The topological polar surface area (TPSA) is 40.7 Å². The lowest BCUT2D eigenvalue weighted by Crippen LogP contribution is -2.18. The van der Waals surface area contributed by atoms with E-state index in [-0.39, 0.29) is 5.92 Å². The van der Waals surface area contributed by atoms with Crippen molar-refractivity contribution in [1.82, 2.24) is 15.5 Å². The molecule has 112 valence electrons. The molecule has 0 saturated heterocycles. The van der Waals surface area contributed by atoms with Crippen LogP contribution >= 0.6 is 11.6 Å². The molecule has 4 heteroatoms. The van der Waals surface area contributed by atoms with E-state index in [0.717, 1.165) is 22.7 Å². The summed E-state index contributed by atoms with van der Waals surface area (Å²) in [7, 11) is 1.97. The summed E-state index contributed by atoms with van der Waals surface area (Å²) in [6.07, 6.45) is 3.73. The van der Waals surface area contributed by atoms with Crippen LogP contribution in [0.4, 0.5) is 0 Å². The first kappa shape index (κ1) is 14.8. The molecule has 0 bridgehead atoms. The molecule has 1 aromatic heterocycles. The second-order valence-electron chi connectivity index (χ2n) is 5.27. The normalized spacial score (nSPS) is 12.3. The van der Waals surface area contributed by atoms with Gasteiger partial charge in [-0.05, 0) is 35.9 Å². The van der Waals surface area contributed by atoms with Gasteiger partial charge in [-0.3, -0.25) is 5.10 Å². The van der Waals surface area contributed by atoms with Crippen molar-refractivity contribution in [3.63, 3.8) is 0 Å². The van der Waals surface area contributed by atoms with Crippen LogP contribution in [0, 0.1) is 0 Å². The summed E-state index contributed by atoms with van der Waals surface area (Å²) in [6, 6.07) is 16.7. The van der Waals surface area contributed by atoms with E-state index >= 15 is 0 Å². The third kappa shape index (κ3) is 3.21. The SMILES string of the molecule is CNCC(c1ccc(-c2cn[nH]c2)cc1)c1cccc(Cl)c1. The lowest BCUT2D eigenvalue weighted by molar-refractivity contribution is 0.708. The van der Waals surface area contributed by atoms with E-state index in [0.29, 0.717) is 0 Å². The number of benzene rings is 2. The van der Waals surface area contributed by atoms with Gasteiger partial charge in [0.25, 0.3) is 0 Å². The van der Waals surface area contributed by atoms with Crippen LogP contribution in [-0.2, 0) is 0 Å². The van der Waals surface area contributed by atoms with Gasteiger partial charge in [-0.15, -0.1) is 0 Å². The fourth-order valence-electron chi connectivity index (χ4n) is 2.67. The van der Waals surface area contributed by atoms with Gasteiger partial charge in [0.05, 0.1) is 6.20 Å². The van der Waals surface area contributed by atoms with Crippen LogP contribution in [0.15, 0.2) is 60.9 Å². The van der Waals surface area contributed by atoms with Gasteiger partial charge in [-0.2, -0.15) is 5.10 Å². The van der Waals surface area contributed by atoms with Crippen LogP contribution in [0.5, 0.6) is 0 Å². The van der Waals surface area contributed by atoms with Crippen LogP contribution < -0.4 is 5.32 Å². The van der Waals surface area contributed by atoms with E-state index in [1.54, 1.807) is 0 Å². The first-order chi connectivity index (χ1) is 10.8. The van der Waals surface area contributed by atoms with E-state index < -0.39 is 0 Å². The molecule has 1 atom stereocenters. The molecule has 0 aliphatic carbocycles. The minimum atomic E-state index is 0.280. The Morgan fingerprint density at radius 1 is 1.09 bits per heavy atom. The van der Waals surface area contributed by atoms with Crippen LogP contribution in [0.2, 0.25) is 5.02 Å². The summed E-state index contributed by atoms with van der Waals surface area (Å²) in [5.41, 5.74) is 4.74. The summed E-state index contributed by atoms with van der Waals surface area (Å²) in [5.74, 6) is 0.280. The maximum atomic E-state index is 6.14. The molecule has 0 radical (unpaired) electrons. The number of aromatic amines is 1. The third-order valence-corrected chi connectivity index (χ3v) is 4.04. The fraction of sp³-hybridized carbons (Fsp3) is 0.167. The van der Waals surface area contributed by atoms with Gasteiger partial charge in [0, 0.05) is 29.2 Å². The highest BCUT2D eigenvalue weighted by molar-refractivity contribution is 6.30. The lowest BCUT2D eigenvalue weighted by Gasteiger charge is -2.18. The quantitative estimate of drug-likeness (QED) is 0.745. The van der Waals surface area contributed by atoms with Crippen molar-refractivity contribution in [3.05, 3.63) is 77.1 Å². The molecule has 0 amide bonds. The van der Waals surface area contributed by atoms with E-state index in [4.69, 9.17) is 11.6 Å². The highest BCUT2D eigenvalue weighted by Gasteiger charge is 2.14. The first-order valence-corrected chi connectivity index (χ1v) is 7.65. The largest absolute Gasteiger partial charge is 0.319 e. The maximum absolute atomic E-state index is 6.14. The molecule has 0 spiro atoms. The number of nitrogens with one attached hydrogen (secondary N) is 2. The number of nitrogens with zero attached hydrogens (tertiary/aromatic N) is 1. The number of aromatic nitrogens is 2. The maximum Gasteiger partial charge on any atom is 0.0565 e. The number of likely N-dealkylation sites (N-methyl/N-ethyl adjacent to an activating group) is 1. The Labute approximate surface area is 135 Å². The third-order valence-electron chi connectivity index (χ3n) is 3.80. The molecule has 1 heterocycles. The molecule has 22 heavy (non-hydrogen) atoms. The molecule has 3 nitrogen and oxygen atoms in total. The second-order valence-corrected chi connectivity index (χ2v) is 5.71. The zero-order valence-electron chi connectivity index (χ0n) is 12.4. The summed E-state index contributed by atoms with van der Waals surface area (Å²) in [5, 5.41) is 10.9. The van der Waals surface area contributed by atoms with E-state index in [1.807, 2.05) is 37.6 Å². The van der Waals surface area contributed by atoms with Crippen molar-refractivity contribution in [2.75, 3.05) is 13.6 Å². The Hall–Kier alpha value is -2.10. The van der Waals surface area contributed by atoms with Crippen LogP contribution in [0.3, 0.4) is 0 Å². The van der Waals surface area contributed by atoms with Gasteiger partial charge in [0.1, 0.15) is 0 Å². The van der Waals surface area contributed by atoms with Crippen LogP contribution in [-0.4, -0.2) is 23.8 Å². The first-order valence-electron chi connectivity index (χ1n) is 7.27. The minimum Gasteiger partial charge on any atom is -0.319 e. The van der Waals surface area contributed by atoms with E-state index in [1.165, 1.54) is 11.1 Å². The minimum absolute atomic E-state index is 0.280. The number of H-pyrrole nitrogens is 1. The zero-order chi connectivity index (χ0) is 15.4. The van der Waals surface area contributed by atoms with Gasteiger partial charge in [0.2, 0.25) is 0 Å². The Balaban J connectivity index is 1.92. The predicted octanol–water partition coefficient (Wildman–Crippen LogP) is 4.08. The zero-order valence-corrected chi connectivity index (χ0v) is 13.1. The summed E-state index contributed by atoms with van der Waals surface area (Å²) in [6.45, 7) is 0.866. The molecular weight excluding hydrogens is 294 g/mol. The Morgan fingerprint density at radius 3 is 2.55 bits per heavy atom. The molecule has 3 aromatic rings. The average molecular weight is 312 g/mol. The number of hydrogen-bond donors (Lipinski definition) is 2. The van der Waals surface area contributed by atoms with Crippen molar-refractivity contribution in [3.8, 4) is 11.1 Å². The average Bonchev–Trinajstić information content (AvgIpc) is 3.07. The van der Waals surface area contributed by atoms with Crippen molar-refractivity contribution in [2.45, 2.75) is 5.92 Å². The summed E-state index contributed by atoms with van der Waals surface area (Å²) in [4.78, 5) is 0. The Bertz CT molecular complexity index is 720. The van der Waals surface area contributed by atoms with E-state index in [2.05, 4.69) is 45.8 Å². The lowest BCUT2D eigenvalue weighted by atomic mass is 9.90. The number of halogens is 1. The standard InChI is InChI=1S/C18H18ClN3/c1-20-12-18(15-3-2-4-17(19)9-15)14-7-5-13(6-8-14)16-10-21-22-11-16/h2-11,18,20H,12H2,1H3,(H,21,22). The number of rotatable bonds is 5. The molecule has 0 fully saturated rings. The number of hydrogen-bond acceptors (Lipinski definition) is 2. The predicted molar refractivity (Wildman–Crippen MR) is 91.2 cm³/mol. The highest BCUT2D eigenvalue weighted by Crippen LogP contribution is 2.28. The molecular formula is C18H18ClN3. The van der Waals surface area contributed by atoms with Gasteiger partial charge in [-0.1, -0.05) is 48.0 Å². The Kier molecular flexibility index (Phi) is 4.56. The second kappa shape index (κ2) is 6.77. The summed E-state index contributed by atoms with van der Waals surface area (Å²) >= 11 is 6.14. The van der Waals surface area contributed by atoms with Crippen molar-refractivity contribution < 1.29 is 0 Å². The van der Waals surface area contributed by atoms with Crippen LogP contribution in [0.25, 0.3) is 11.1 Å². The van der Waals surface area contributed by atoms with Crippen molar-refractivity contribution >= 4 is 11.6 Å². The van der Waals surface area contributed by atoms with Crippen LogP contribution in [0.1, 0.15) is 17.0 Å². The molecule has 2 N–H and O–H groups in total.